The van der Waals surface area contributed by atoms with Gasteiger partial charge in [0.1, 0.15) is 6.04 Å². The van der Waals surface area contributed by atoms with Crippen molar-refractivity contribution in [3.63, 3.8) is 0 Å². The third-order valence-electron chi connectivity index (χ3n) is 5.75. The van der Waals surface area contributed by atoms with Crippen molar-refractivity contribution in [3.05, 3.63) is 36.4 Å². The Balaban J connectivity index is 1.44. The van der Waals surface area contributed by atoms with Gasteiger partial charge in [0.2, 0.25) is 5.91 Å². The van der Waals surface area contributed by atoms with Gasteiger partial charge in [-0.2, -0.15) is 0 Å². The molecule has 1 N–H and O–H groups in total. The third kappa shape index (κ3) is 3.37. The normalized spacial score (nSPS) is 19.7. The molecule has 0 aromatic heterocycles. The molecule has 150 valence electrons. The predicted molar refractivity (Wildman–Crippen MR) is 111 cm³/mol. The Bertz CT molecular complexity index is 978. The van der Waals surface area contributed by atoms with Crippen LogP contribution in [0.25, 0.3) is 10.8 Å². The summed E-state index contributed by atoms with van der Waals surface area (Å²) in [7, 11) is -3.73. The van der Waals surface area contributed by atoms with Gasteiger partial charge < -0.3 is 10.2 Å². The molecule has 7 heteroatoms. The summed E-state index contributed by atoms with van der Waals surface area (Å²) in [6, 6.07) is 9.96. The molecule has 0 saturated carbocycles. The van der Waals surface area contributed by atoms with Crippen LogP contribution in [0.1, 0.15) is 32.6 Å². The molecular formula is C21H27N3O3S. The number of likely N-dealkylation sites (tertiary alicyclic amines) is 1. The van der Waals surface area contributed by atoms with Gasteiger partial charge in [-0.15, -0.1) is 0 Å². The fourth-order valence-corrected chi connectivity index (χ4v) is 6.16. The van der Waals surface area contributed by atoms with E-state index < -0.39 is 16.1 Å². The third-order valence-corrected chi connectivity index (χ3v) is 7.68. The van der Waals surface area contributed by atoms with Crippen LogP contribution in [0.3, 0.4) is 0 Å². The van der Waals surface area contributed by atoms with Gasteiger partial charge in [-0.05, 0) is 63.3 Å². The van der Waals surface area contributed by atoms with Crippen molar-refractivity contribution in [1.29, 1.82) is 0 Å². The number of amides is 1. The highest BCUT2D eigenvalue weighted by Gasteiger charge is 2.40. The highest BCUT2D eigenvalue weighted by Crippen LogP contribution is 2.43. The quantitative estimate of drug-likeness (QED) is 0.756. The molecule has 6 nitrogen and oxygen atoms in total. The fourth-order valence-electron chi connectivity index (χ4n) is 4.29. The van der Waals surface area contributed by atoms with E-state index in [1.54, 1.807) is 25.1 Å². The Labute approximate surface area is 166 Å². The van der Waals surface area contributed by atoms with Crippen molar-refractivity contribution in [3.8, 4) is 0 Å². The molecule has 2 aromatic carbocycles. The van der Waals surface area contributed by atoms with Crippen molar-refractivity contribution in [2.75, 3.05) is 30.5 Å². The largest absolute Gasteiger partial charge is 0.354 e. The summed E-state index contributed by atoms with van der Waals surface area (Å²) >= 11 is 0. The minimum absolute atomic E-state index is 0.257. The number of hydrogen-bond donors (Lipinski definition) is 1. The number of piperidine rings is 1. The van der Waals surface area contributed by atoms with Crippen LogP contribution in [0.4, 0.5) is 5.69 Å². The highest BCUT2D eigenvalue weighted by molar-refractivity contribution is 7.93. The zero-order chi connectivity index (χ0) is 19.7. The number of rotatable bonds is 6. The van der Waals surface area contributed by atoms with Crippen molar-refractivity contribution in [2.24, 2.45) is 0 Å². The molecule has 0 radical (unpaired) electrons. The topological polar surface area (TPSA) is 69.7 Å². The average molecular weight is 402 g/mol. The lowest BCUT2D eigenvalue weighted by Crippen LogP contribution is -2.47. The number of hydrogen-bond acceptors (Lipinski definition) is 4. The number of nitrogens with zero attached hydrogens (tertiary/aromatic N) is 2. The molecule has 1 atom stereocenters. The van der Waals surface area contributed by atoms with Crippen LogP contribution in [0.15, 0.2) is 41.3 Å². The zero-order valence-electron chi connectivity index (χ0n) is 16.2. The average Bonchev–Trinajstić information content (AvgIpc) is 2.94. The summed E-state index contributed by atoms with van der Waals surface area (Å²) in [6.45, 7) is 5.46. The van der Waals surface area contributed by atoms with Crippen LogP contribution in [0, 0.1) is 0 Å². The summed E-state index contributed by atoms with van der Waals surface area (Å²) in [6.07, 6.45) is 4.69. The van der Waals surface area contributed by atoms with Gasteiger partial charge in [-0.1, -0.05) is 30.7 Å². The molecule has 0 aliphatic carbocycles. The Morgan fingerprint density at radius 2 is 1.82 bits per heavy atom. The van der Waals surface area contributed by atoms with Gasteiger partial charge in [-0.3, -0.25) is 9.10 Å². The van der Waals surface area contributed by atoms with Gasteiger partial charge in [0.15, 0.2) is 0 Å². The molecule has 1 amide bonds. The maximum atomic E-state index is 13.1. The summed E-state index contributed by atoms with van der Waals surface area (Å²) in [5.41, 5.74) is 0.587. The first-order valence-electron chi connectivity index (χ1n) is 10.1. The molecule has 0 unspecified atom stereocenters. The Kier molecular flexibility index (Phi) is 5.29. The maximum absolute atomic E-state index is 13.1. The molecule has 1 saturated heterocycles. The molecule has 4 rings (SSSR count). The Morgan fingerprint density at radius 3 is 2.57 bits per heavy atom. The summed E-state index contributed by atoms with van der Waals surface area (Å²) in [4.78, 5) is 15.4. The lowest BCUT2D eigenvalue weighted by atomic mass is 10.1. The Hall–Kier alpha value is -2.12. The number of benzene rings is 2. The van der Waals surface area contributed by atoms with E-state index in [0.29, 0.717) is 17.6 Å². The van der Waals surface area contributed by atoms with Crippen LogP contribution < -0.4 is 9.62 Å². The second-order valence-electron chi connectivity index (χ2n) is 7.66. The van der Waals surface area contributed by atoms with E-state index in [2.05, 4.69) is 10.2 Å². The fraction of sp³-hybridized carbons (Fsp3) is 0.476. The SMILES string of the molecule is C[C@@H](C(=O)NCCCN1CCCCC1)N1c2cccc3cccc(c23)S1(=O)=O. The van der Waals surface area contributed by atoms with Crippen LogP contribution in [0.2, 0.25) is 0 Å². The van der Waals surface area contributed by atoms with Gasteiger partial charge >= 0.3 is 0 Å². The number of nitrogens with one attached hydrogen (secondary N) is 1. The predicted octanol–water partition coefficient (Wildman–Crippen LogP) is 2.73. The van der Waals surface area contributed by atoms with Gasteiger partial charge in [0.05, 0.1) is 10.6 Å². The smallest absolute Gasteiger partial charge is 0.265 e. The van der Waals surface area contributed by atoms with Gasteiger partial charge in [-0.25, -0.2) is 8.42 Å². The molecule has 1 fully saturated rings. The Morgan fingerprint density at radius 1 is 1.11 bits per heavy atom. The van der Waals surface area contributed by atoms with Crippen molar-refractivity contribution in [1.82, 2.24) is 10.2 Å². The molecule has 2 aliphatic heterocycles. The van der Waals surface area contributed by atoms with E-state index in [9.17, 15) is 13.2 Å². The van der Waals surface area contributed by atoms with Crippen LogP contribution in [-0.2, 0) is 14.8 Å². The van der Waals surface area contributed by atoms with E-state index in [1.165, 1.54) is 23.6 Å². The summed E-state index contributed by atoms with van der Waals surface area (Å²) in [5.74, 6) is -0.257. The monoisotopic (exact) mass is 401 g/mol. The summed E-state index contributed by atoms with van der Waals surface area (Å²) < 4.78 is 27.4. The molecule has 28 heavy (non-hydrogen) atoms. The molecule has 0 spiro atoms. The van der Waals surface area contributed by atoms with Crippen LogP contribution in [-0.4, -0.2) is 51.4 Å². The summed E-state index contributed by atoms with van der Waals surface area (Å²) in [5, 5.41) is 4.50. The molecular weight excluding hydrogens is 374 g/mol. The standard InChI is InChI=1S/C21H27N3O3S/c1-16(21(25)22-12-7-15-23-13-3-2-4-14-23)24-18-10-5-8-17-9-6-11-19(20(17)18)28(24,26)27/h5-6,8-11,16H,2-4,7,12-15H2,1H3,(H,22,25)/t16-/m0/s1. The number of carbonyl (C=O) groups excluding carboxylic acids is 1. The van der Waals surface area contributed by atoms with Crippen LogP contribution >= 0.6 is 0 Å². The molecule has 2 aliphatic rings. The molecule has 0 bridgehead atoms. The first kappa shape index (κ1) is 19.2. The van der Waals surface area contributed by atoms with E-state index in [-0.39, 0.29) is 10.8 Å². The maximum Gasteiger partial charge on any atom is 0.265 e. The van der Waals surface area contributed by atoms with E-state index >= 15 is 0 Å². The van der Waals surface area contributed by atoms with Crippen molar-refractivity contribution < 1.29 is 13.2 Å². The molecule has 2 aromatic rings. The second kappa shape index (κ2) is 7.72. The van der Waals surface area contributed by atoms with Gasteiger partial charge in [0, 0.05) is 11.9 Å². The minimum atomic E-state index is -3.73. The number of carbonyl (C=O) groups is 1. The molecule has 2 heterocycles. The van der Waals surface area contributed by atoms with E-state index in [4.69, 9.17) is 0 Å². The first-order valence-corrected chi connectivity index (χ1v) is 11.5. The van der Waals surface area contributed by atoms with E-state index in [0.717, 1.165) is 31.4 Å². The van der Waals surface area contributed by atoms with Gasteiger partial charge in [0.25, 0.3) is 10.0 Å². The van der Waals surface area contributed by atoms with Crippen LogP contribution in [0.5, 0.6) is 0 Å². The number of sulfonamides is 1. The highest BCUT2D eigenvalue weighted by atomic mass is 32.2. The zero-order valence-corrected chi connectivity index (χ0v) is 17.0. The second-order valence-corrected chi connectivity index (χ2v) is 9.44. The first-order chi connectivity index (χ1) is 13.5. The van der Waals surface area contributed by atoms with Crippen molar-refractivity contribution >= 4 is 32.4 Å². The van der Waals surface area contributed by atoms with E-state index in [1.807, 2.05) is 18.2 Å². The number of anilines is 1. The van der Waals surface area contributed by atoms with Crippen molar-refractivity contribution in [2.45, 2.75) is 43.5 Å². The lowest BCUT2D eigenvalue weighted by molar-refractivity contribution is -0.121. The minimum Gasteiger partial charge on any atom is -0.354 e. The lowest BCUT2D eigenvalue weighted by Gasteiger charge is -2.27.